The highest BCUT2D eigenvalue weighted by Crippen LogP contribution is 2.23. The fourth-order valence-electron chi connectivity index (χ4n) is 3.17. The Bertz CT molecular complexity index is 1060. The molecule has 0 saturated carbocycles. The van der Waals surface area contributed by atoms with E-state index in [9.17, 15) is 9.90 Å². The van der Waals surface area contributed by atoms with Crippen LogP contribution in [-0.2, 0) is 4.79 Å². The maximum atomic E-state index is 12.0. The van der Waals surface area contributed by atoms with Gasteiger partial charge in [0.25, 0.3) is 0 Å². The third-order valence-electron chi connectivity index (χ3n) is 5.39. The summed E-state index contributed by atoms with van der Waals surface area (Å²) in [7, 11) is 0. The van der Waals surface area contributed by atoms with E-state index in [0.717, 1.165) is 46.4 Å². The van der Waals surface area contributed by atoms with E-state index in [-0.39, 0.29) is 5.75 Å². The van der Waals surface area contributed by atoms with E-state index in [4.69, 9.17) is 4.99 Å². The van der Waals surface area contributed by atoms with Crippen molar-refractivity contribution >= 4 is 23.5 Å². The molecule has 174 valence electrons. The molecule has 5 nitrogen and oxygen atoms in total. The number of benzene rings is 2. The number of aromatic hydroxyl groups is 1. The van der Waals surface area contributed by atoms with Crippen molar-refractivity contribution in [1.29, 1.82) is 0 Å². The molecule has 2 aromatic carbocycles. The number of hydrogen-bond donors (Lipinski definition) is 2. The fourth-order valence-corrected chi connectivity index (χ4v) is 3.17. The molecular weight excluding hydrogens is 410 g/mol. The highest BCUT2D eigenvalue weighted by Gasteiger charge is 2.17. The Morgan fingerprint density at radius 2 is 1.64 bits per heavy atom. The van der Waals surface area contributed by atoms with Crippen LogP contribution in [0.3, 0.4) is 0 Å². The van der Waals surface area contributed by atoms with Crippen LogP contribution in [-0.4, -0.2) is 28.8 Å². The third-order valence-corrected chi connectivity index (χ3v) is 5.39. The molecule has 0 aliphatic heterocycles. The number of hydrogen-bond acceptors (Lipinski definition) is 4. The van der Waals surface area contributed by atoms with E-state index >= 15 is 0 Å². The summed E-state index contributed by atoms with van der Waals surface area (Å²) in [4.78, 5) is 18.6. The molecule has 5 heteroatoms. The lowest BCUT2D eigenvalue weighted by Gasteiger charge is -2.22. The zero-order valence-corrected chi connectivity index (χ0v) is 20.5. The van der Waals surface area contributed by atoms with Gasteiger partial charge in [-0.2, -0.15) is 0 Å². The Morgan fingerprint density at radius 3 is 2.15 bits per heavy atom. The summed E-state index contributed by atoms with van der Waals surface area (Å²) in [6.07, 6.45) is 3.72. The Kier molecular flexibility index (Phi) is 9.67. The van der Waals surface area contributed by atoms with Gasteiger partial charge < -0.3 is 10.4 Å². The van der Waals surface area contributed by atoms with Crippen LogP contribution in [0.15, 0.2) is 88.2 Å². The van der Waals surface area contributed by atoms with Crippen LogP contribution in [0.4, 0.5) is 5.69 Å². The van der Waals surface area contributed by atoms with Gasteiger partial charge in [0.15, 0.2) is 0 Å². The number of nitrogens with one attached hydrogen (secondary N) is 1. The monoisotopic (exact) mass is 445 g/mol. The molecule has 0 saturated heterocycles. The van der Waals surface area contributed by atoms with Crippen molar-refractivity contribution < 1.29 is 9.90 Å². The van der Waals surface area contributed by atoms with Crippen LogP contribution in [0.2, 0.25) is 0 Å². The average molecular weight is 446 g/mol. The van der Waals surface area contributed by atoms with Gasteiger partial charge in [0, 0.05) is 17.8 Å². The molecule has 0 spiro atoms. The molecule has 0 aromatic heterocycles. The molecular formula is C28H35N3O2. The lowest BCUT2D eigenvalue weighted by atomic mass is 10.0. The molecule has 1 amide bonds. The Hall–Kier alpha value is -3.60. The summed E-state index contributed by atoms with van der Waals surface area (Å²) < 4.78 is 0. The summed E-state index contributed by atoms with van der Waals surface area (Å²) in [5.74, 6) is 1.48. The van der Waals surface area contributed by atoms with Crippen LogP contribution in [0.5, 0.6) is 5.75 Å². The third kappa shape index (κ3) is 7.21. The minimum Gasteiger partial charge on any atom is -0.508 e. The van der Waals surface area contributed by atoms with Crippen LogP contribution in [0.1, 0.15) is 53.5 Å². The van der Waals surface area contributed by atoms with Gasteiger partial charge in [-0.1, -0.05) is 42.8 Å². The number of anilines is 1. The highest BCUT2D eigenvalue weighted by molar-refractivity contribution is 6.07. The van der Waals surface area contributed by atoms with E-state index in [1.165, 1.54) is 0 Å². The number of likely N-dealkylation sites (N-methyl/N-ethyl adjacent to an activating group) is 1. The molecule has 0 fully saturated rings. The second kappa shape index (κ2) is 12.4. The minimum atomic E-state index is 0.203. The number of rotatable bonds is 9. The SMILES string of the molecule is CC/C(C)=C(/N=C(\C(/C=C(\C)c1ccccc1)=C(C)C)N(C=O)CC)Nc1ccc(O)cc1. The Morgan fingerprint density at radius 1 is 1.00 bits per heavy atom. The Labute approximate surface area is 197 Å². The van der Waals surface area contributed by atoms with Crippen LogP contribution in [0.25, 0.3) is 5.57 Å². The maximum Gasteiger partial charge on any atom is 0.215 e. The maximum absolute atomic E-state index is 12.0. The molecule has 0 unspecified atom stereocenters. The number of phenolic OH excluding ortho intramolecular Hbond substituents is 1. The first kappa shape index (κ1) is 25.7. The quantitative estimate of drug-likeness (QED) is 0.147. The topological polar surface area (TPSA) is 64.9 Å². The lowest BCUT2D eigenvalue weighted by molar-refractivity contribution is -0.114. The van der Waals surface area contributed by atoms with Crippen molar-refractivity contribution in [3.8, 4) is 5.75 Å². The minimum absolute atomic E-state index is 0.203. The number of aliphatic imine (C=N–C) groups is 1. The summed E-state index contributed by atoms with van der Waals surface area (Å²) >= 11 is 0. The average Bonchev–Trinajstić information content (AvgIpc) is 2.83. The molecule has 33 heavy (non-hydrogen) atoms. The summed E-state index contributed by atoms with van der Waals surface area (Å²) in [5.41, 5.74) is 6.03. The highest BCUT2D eigenvalue weighted by atomic mass is 16.3. The van der Waals surface area contributed by atoms with Crippen molar-refractivity contribution in [3.63, 3.8) is 0 Å². The van der Waals surface area contributed by atoms with E-state index in [2.05, 4.69) is 37.4 Å². The van der Waals surface area contributed by atoms with Gasteiger partial charge in [-0.05, 0) is 88.1 Å². The summed E-state index contributed by atoms with van der Waals surface area (Å²) in [6, 6.07) is 17.0. The molecule has 2 N–H and O–H groups in total. The molecule has 0 aliphatic rings. The van der Waals surface area contributed by atoms with Crippen LogP contribution >= 0.6 is 0 Å². The molecule has 0 heterocycles. The smallest absolute Gasteiger partial charge is 0.215 e. The van der Waals surface area contributed by atoms with Crippen molar-refractivity contribution in [2.45, 2.75) is 48.0 Å². The number of carbonyl (C=O) groups excluding carboxylic acids is 1. The molecule has 0 bridgehead atoms. The van der Waals surface area contributed by atoms with Crippen molar-refractivity contribution in [2.24, 2.45) is 4.99 Å². The van der Waals surface area contributed by atoms with Gasteiger partial charge in [0.2, 0.25) is 6.41 Å². The fraction of sp³-hybridized carbons (Fsp3) is 0.286. The first-order valence-corrected chi connectivity index (χ1v) is 11.3. The second-order valence-electron chi connectivity index (χ2n) is 8.09. The van der Waals surface area contributed by atoms with Gasteiger partial charge in [-0.3, -0.25) is 9.69 Å². The summed E-state index contributed by atoms with van der Waals surface area (Å²) in [6.45, 7) is 12.6. The van der Waals surface area contributed by atoms with E-state index in [0.29, 0.717) is 18.2 Å². The van der Waals surface area contributed by atoms with Crippen molar-refractivity contribution in [1.82, 2.24) is 4.90 Å². The predicted octanol–water partition coefficient (Wildman–Crippen LogP) is 6.76. The first-order valence-electron chi connectivity index (χ1n) is 11.3. The van der Waals surface area contributed by atoms with Gasteiger partial charge in [-0.15, -0.1) is 0 Å². The molecule has 0 atom stereocenters. The van der Waals surface area contributed by atoms with E-state index in [1.54, 1.807) is 29.2 Å². The first-order chi connectivity index (χ1) is 15.8. The molecule has 2 aromatic rings. The molecule has 2 rings (SSSR count). The standard InChI is InChI=1S/C28H35N3O2/c1-7-21(5)27(29-24-14-16-25(33)17-15-24)30-28(31(8-2)19-32)26(20(3)4)18-22(6)23-12-10-9-11-13-23/h9-19,29,33H,7-8H2,1-6H3/b22-18+,27-21+,30-28+. The number of amidine groups is 1. The van der Waals surface area contributed by atoms with Crippen LogP contribution < -0.4 is 5.32 Å². The number of nitrogens with zero attached hydrogens (tertiary/aromatic N) is 2. The largest absolute Gasteiger partial charge is 0.508 e. The van der Waals surface area contributed by atoms with E-state index < -0.39 is 0 Å². The molecule has 0 radical (unpaired) electrons. The summed E-state index contributed by atoms with van der Waals surface area (Å²) in [5, 5.41) is 13.0. The zero-order chi connectivity index (χ0) is 24.4. The number of amides is 1. The number of carbonyl (C=O) groups is 1. The van der Waals surface area contributed by atoms with Gasteiger partial charge in [-0.25, -0.2) is 4.99 Å². The lowest BCUT2D eigenvalue weighted by Crippen LogP contribution is -2.31. The number of allylic oxidation sites excluding steroid dienone is 3. The zero-order valence-electron chi connectivity index (χ0n) is 20.5. The van der Waals surface area contributed by atoms with Crippen molar-refractivity contribution in [2.75, 3.05) is 11.9 Å². The van der Waals surface area contributed by atoms with Gasteiger partial charge >= 0.3 is 0 Å². The predicted molar refractivity (Wildman–Crippen MR) is 139 cm³/mol. The number of phenols is 1. The molecule has 0 aliphatic carbocycles. The van der Waals surface area contributed by atoms with Crippen molar-refractivity contribution in [3.05, 3.63) is 88.8 Å². The van der Waals surface area contributed by atoms with Gasteiger partial charge in [0.05, 0.1) is 0 Å². The van der Waals surface area contributed by atoms with E-state index in [1.807, 2.05) is 45.9 Å². The second-order valence-corrected chi connectivity index (χ2v) is 8.09. The van der Waals surface area contributed by atoms with Crippen LogP contribution in [0, 0.1) is 0 Å². The van der Waals surface area contributed by atoms with Gasteiger partial charge in [0.1, 0.15) is 17.4 Å². The normalized spacial score (nSPS) is 12.7. The Balaban J connectivity index is 2.65.